The standard InChI is InChI=1S/C9H13BrN2OS/c1-14(13)3-2-11-5-8-4-9(10)7-12-6-8/h4,6-7,11H,2-3,5H2,1H3. The maximum Gasteiger partial charge on any atom is 0.0410 e. The Hall–Kier alpha value is -0.260. The summed E-state index contributed by atoms with van der Waals surface area (Å²) in [6, 6.07) is 2.02. The molecule has 1 aromatic heterocycles. The third-order valence-electron chi connectivity index (χ3n) is 1.66. The van der Waals surface area contributed by atoms with E-state index in [0.29, 0.717) is 5.75 Å². The molecule has 0 bridgehead atoms. The van der Waals surface area contributed by atoms with Crippen LogP contribution in [0.5, 0.6) is 0 Å². The summed E-state index contributed by atoms with van der Waals surface area (Å²) in [7, 11) is -0.715. The SMILES string of the molecule is CS(=O)CCNCc1cncc(Br)c1. The second kappa shape index (κ2) is 6.27. The maximum absolute atomic E-state index is 10.8. The smallest absolute Gasteiger partial charge is 0.0410 e. The van der Waals surface area contributed by atoms with E-state index >= 15 is 0 Å². The number of pyridine rings is 1. The molecule has 0 aliphatic rings. The van der Waals surface area contributed by atoms with E-state index in [9.17, 15) is 4.21 Å². The predicted molar refractivity (Wildman–Crippen MR) is 62.6 cm³/mol. The first-order valence-electron chi connectivity index (χ1n) is 4.28. The number of nitrogens with one attached hydrogen (secondary N) is 1. The molecule has 1 aromatic rings. The highest BCUT2D eigenvalue weighted by Crippen LogP contribution is 2.08. The first-order valence-corrected chi connectivity index (χ1v) is 6.80. The van der Waals surface area contributed by atoms with Crippen LogP contribution in [0.3, 0.4) is 0 Å². The molecule has 14 heavy (non-hydrogen) atoms. The second-order valence-electron chi connectivity index (χ2n) is 2.97. The van der Waals surface area contributed by atoms with Crippen molar-refractivity contribution in [3.05, 3.63) is 28.5 Å². The Morgan fingerprint density at radius 1 is 1.57 bits per heavy atom. The molecule has 0 aromatic carbocycles. The van der Waals surface area contributed by atoms with Gasteiger partial charge in [0.1, 0.15) is 0 Å². The van der Waals surface area contributed by atoms with Crippen molar-refractivity contribution in [2.45, 2.75) is 6.54 Å². The van der Waals surface area contributed by atoms with E-state index in [-0.39, 0.29) is 0 Å². The van der Waals surface area contributed by atoms with Gasteiger partial charge < -0.3 is 5.32 Å². The minimum atomic E-state index is -0.715. The summed E-state index contributed by atoms with van der Waals surface area (Å²) in [6.07, 6.45) is 5.29. The summed E-state index contributed by atoms with van der Waals surface area (Å²) in [4.78, 5) is 4.05. The van der Waals surface area contributed by atoms with Gasteiger partial charge in [0.05, 0.1) is 0 Å². The second-order valence-corrected chi connectivity index (χ2v) is 5.44. The van der Waals surface area contributed by atoms with Crippen molar-refractivity contribution in [2.24, 2.45) is 0 Å². The topological polar surface area (TPSA) is 42.0 Å². The van der Waals surface area contributed by atoms with E-state index in [1.807, 2.05) is 12.3 Å². The Bertz CT molecular complexity index is 319. The lowest BCUT2D eigenvalue weighted by Crippen LogP contribution is -2.19. The molecule has 1 heterocycles. The highest BCUT2D eigenvalue weighted by atomic mass is 79.9. The molecule has 5 heteroatoms. The predicted octanol–water partition coefficient (Wildman–Crippen LogP) is 1.31. The van der Waals surface area contributed by atoms with Crippen LogP contribution in [0.4, 0.5) is 0 Å². The zero-order chi connectivity index (χ0) is 10.4. The van der Waals surface area contributed by atoms with Gasteiger partial charge in [-0.1, -0.05) is 0 Å². The zero-order valence-corrected chi connectivity index (χ0v) is 10.4. The van der Waals surface area contributed by atoms with Crippen LogP contribution in [-0.2, 0) is 17.3 Å². The number of aromatic nitrogens is 1. The summed E-state index contributed by atoms with van der Waals surface area (Å²) < 4.78 is 11.7. The number of rotatable bonds is 5. The van der Waals surface area contributed by atoms with Gasteiger partial charge in [-0.15, -0.1) is 0 Å². The van der Waals surface area contributed by atoms with Crippen molar-refractivity contribution < 1.29 is 4.21 Å². The molecule has 3 nitrogen and oxygen atoms in total. The molecule has 0 saturated heterocycles. The van der Waals surface area contributed by atoms with Crippen LogP contribution in [-0.4, -0.2) is 27.7 Å². The van der Waals surface area contributed by atoms with Gasteiger partial charge in [0.15, 0.2) is 0 Å². The van der Waals surface area contributed by atoms with Crippen LogP contribution < -0.4 is 5.32 Å². The Balaban J connectivity index is 2.28. The van der Waals surface area contributed by atoms with Crippen molar-refractivity contribution in [3.63, 3.8) is 0 Å². The molecular formula is C9H13BrN2OS. The van der Waals surface area contributed by atoms with E-state index in [1.165, 1.54) is 0 Å². The van der Waals surface area contributed by atoms with E-state index < -0.39 is 10.8 Å². The highest BCUT2D eigenvalue weighted by Gasteiger charge is 1.95. The Morgan fingerprint density at radius 3 is 3.00 bits per heavy atom. The van der Waals surface area contributed by atoms with Gasteiger partial charge in [0.25, 0.3) is 0 Å². The molecular weight excluding hydrogens is 264 g/mol. The van der Waals surface area contributed by atoms with Gasteiger partial charge in [0, 0.05) is 52.8 Å². The Labute approximate surface area is 94.9 Å². The lowest BCUT2D eigenvalue weighted by molar-refractivity contribution is 0.676. The van der Waals surface area contributed by atoms with Gasteiger partial charge in [-0.25, -0.2) is 0 Å². The number of hydrogen-bond donors (Lipinski definition) is 1. The van der Waals surface area contributed by atoms with Crippen molar-refractivity contribution >= 4 is 26.7 Å². The van der Waals surface area contributed by atoms with Crippen molar-refractivity contribution in [1.82, 2.24) is 10.3 Å². The molecule has 0 fully saturated rings. The number of hydrogen-bond acceptors (Lipinski definition) is 3. The van der Waals surface area contributed by atoms with Crippen LogP contribution in [0.1, 0.15) is 5.56 Å². The van der Waals surface area contributed by atoms with Gasteiger partial charge in [-0.2, -0.15) is 0 Å². The van der Waals surface area contributed by atoms with Crippen LogP contribution in [0.2, 0.25) is 0 Å². The van der Waals surface area contributed by atoms with E-state index in [4.69, 9.17) is 0 Å². The lowest BCUT2D eigenvalue weighted by atomic mass is 10.3. The maximum atomic E-state index is 10.8. The summed E-state index contributed by atoms with van der Waals surface area (Å²) in [6.45, 7) is 1.54. The van der Waals surface area contributed by atoms with Crippen molar-refractivity contribution in [3.8, 4) is 0 Å². The monoisotopic (exact) mass is 276 g/mol. The quantitative estimate of drug-likeness (QED) is 0.825. The summed E-state index contributed by atoms with van der Waals surface area (Å²) in [5.41, 5.74) is 1.13. The fourth-order valence-electron chi connectivity index (χ4n) is 1.00. The first kappa shape index (κ1) is 11.8. The third kappa shape index (κ3) is 4.83. The molecule has 0 saturated carbocycles. The Morgan fingerprint density at radius 2 is 2.36 bits per heavy atom. The summed E-state index contributed by atoms with van der Waals surface area (Å²) >= 11 is 3.36. The van der Waals surface area contributed by atoms with E-state index in [0.717, 1.165) is 23.1 Å². The first-order chi connectivity index (χ1) is 6.68. The molecule has 0 radical (unpaired) electrons. The molecule has 1 rings (SSSR count). The van der Waals surface area contributed by atoms with Crippen LogP contribution in [0.25, 0.3) is 0 Å². The van der Waals surface area contributed by atoms with Gasteiger partial charge >= 0.3 is 0 Å². The average Bonchev–Trinajstić information content (AvgIpc) is 2.12. The average molecular weight is 277 g/mol. The normalized spacial score (nSPS) is 12.7. The van der Waals surface area contributed by atoms with Gasteiger partial charge in [0.2, 0.25) is 0 Å². The minimum Gasteiger partial charge on any atom is -0.312 e. The summed E-state index contributed by atoms with van der Waals surface area (Å²) in [5.74, 6) is 0.696. The van der Waals surface area contributed by atoms with Gasteiger partial charge in [-0.05, 0) is 27.6 Å². The van der Waals surface area contributed by atoms with Crippen molar-refractivity contribution in [2.75, 3.05) is 18.6 Å². The molecule has 0 spiro atoms. The number of nitrogens with zero attached hydrogens (tertiary/aromatic N) is 1. The molecule has 1 unspecified atom stereocenters. The fraction of sp³-hybridized carbons (Fsp3) is 0.444. The summed E-state index contributed by atoms with van der Waals surface area (Å²) in [5, 5.41) is 3.21. The molecule has 78 valence electrons. The third-order valence-corrected chi connectivity index (χ3v) is 2.87. The van der Waals surface area contributed by atoms with E-state index in [2.05, 4.69) is 26.2 Å². The minimum absolute atomic E-state index is 0.696. The van der Waals surface area contributed by atoms with Gasteiger partial charge in [-0.3, -0.25) is 9.19 Å². The molecule has 0 aliphatic carbocycles. The molecule has 0 aliphatic heterocycles. The number of halogens is 1. The van der Waals surface area contributed by atoms with Crippen LogP contribution >= 0.6 is 15.9 Å². The van der Waals surface area contributed by atoms with Crippen LogP contribution in [0.15, 0.2) is 22.9 Å². The fourth-order valence-corrected chi connectivity index (χ4v) is 1.85. The molecule has 0 amide bonds. The molecule has 1 N–H and O–H groups in total. The van der Waals surface area contributed by atoms with E-state index in [1.54, 1.807) is 12.5 Å². The van der Waals surface area contributed by atoms with Crippen LogP contribution in [0, 0.1) is 0 Å². The zero-order valence-electron chi connectivity index (χ0n) is 8.00. The Kier molecular flexibility index (Phi) is 5.29. The van der Waals surface area contributed by atoms with Crippen molar-refractivity contribution in [1.29, 1.82) is 0 Å². The largest absolute Gasteiger partial charge is 0.312 e. The molecule has 1 atom stereocenters. The highest BCUT2D eigenvalue weighted by molar-refractivity contribution is 9.10. The lowest BCUT2D eigenvalue weighted by Gasteiger charge is -2.03.